The number of benzene rings is 3. The number of carbonyl (C=O) groups excluding carboxylic acids is 3. The van der Waals surface area contributed by atoms with Crippen LogP contribution in [-0.4, -0.2) is 41.3 Å². The van der Waals surface area contributed by atoms with E-state index in [0.29, 0.717) is 17.1 Å². The summed E-state index contributed by atoms with van der Waals surface area (Å²) < 4.78 is 15.7. The molecule has 0 aromatic heterocycles. The van der Waals surface area contributed by atoms with E-state index in [1.165, 1.54) is 35.2 Å². The largest absolute Gasteiger partial charge is 0.508 e. The second kappa shape index (κ2) is 9.10. The van der Waals surface area contributed by atoms with Crippen molar-refractivity contribution >= 4 is 29.1 Å². The van der Waals surface area contributed by atoms with Crippen LogP contribution < -0.4 is 14.4 Å². The van der Waals surface area contributed by atoms with Crippen molar-refractivity contribution in [1.82, 2.24) is 0 Å². The van der Waals surface area contributed by atoms with Crippen molar-refractivity contribution in [2.45, 2.75) is 13.0 Å². The standard InChI is InChI=1S/C27H21NO8/c1-2-34-27(33)17-6-3-7-18(11-17)28-23(15-5-4-8-19(29)12-15)22(25(31)26(28)32)24(30)16-9-10-20-21(13-16)36-14-35-20/h3-13,23,29-30H,2,14H2,1H3/b24-22-. The molecule has 1 unspecified atom stereocenters. The van der Waals surface area contributed by atoms with Gasteiger partial charge in [-0.25, -0.2) is 4.79 Å². The summed E-state index contributed by atoms with van der Waals surface area (Å²) in [6, 6.07) is 15.8. The van der Waals surface area contributed by atoms with Crippen LogP contribution in [0.5, 0.6) is 17.2 Å². The predicted molar refractivity (Wildman–Crippen MR) is 128 cm³/mol. The average molecular weight is 487 g/mol. The molecule has 2 heterocycles. The molecule has 5 rings (SSSR count). The van der Waals surface area contributed by atoms with E-state index in [1.807, 2.05) is 0 Å². The molecule has 0 saturated carbocycles. The number of Topliss-reactive ketones (excluding diaryl/α,β-unsaturated/α-hetero) is 1. The minimum absolute atomic E-state index is 0.0318. The van der Waals surface area contributed by atoms with Gasteiger partial charge in [0.15, 0.2) is 11.5 Å². The zero-order chi connectivity index (χ0) is 25.4. The molecule has 3 aromatic carbocycles. The fourth-order valence-electron chi connectivity index (χ4n) is 4.31. The molecular formula is C27H21NO8. The molecule has 1 amide bonds. The third-order valence-corrected chi connectivity index (χ3v) is 5.91. The maximum absolute atomic E-state index is 13.3. The molecule has 9 nitrogen and oxygen atoms in total. The van der Waals surface area contributed by atoms with Gasteiger partial charge in [0.2, 0.25) is 6.79 Å². The lowest BCUT2D eigenvalue weighted by molar-refractivity contribution is -0.132. The molecule has 182 valence electrons. The Balaban J connectivity index is 1.68. The highest BCUT2D eigenvalue weighted by atomic mass is 16.7. The first-order chi connectivity index (χ1) is 17.4. The highest BCUT2D eigenvalue weighted by Crippen LogP contribution is 2.44. The van der Waals surface area contributed by atoms with E-state index < -0.39 is 29.5 Å². The summed E-state index contributed by atoms with van der Waals surface area (Å²) in [5, 5.41) is 21.4. The molecule has 1 saturated heterocycles. The highest BCUT2D eigenvalue weighted by Gasteiger charge is 2.47. The molecule has 0 bridgehead atoms. The van der Waals surface area contributed by atoms with Crippen LogP contribution in [0.3, 0.4) is 0 Å². The molecule has 2 N–H and O–H groups in total. The molecule has 0 aliphatic carbocycles. The monoisotopic (exact) mass is 487 g/mol. The van der Waals surface area contributed by atoms with Crippen molar-refractivity contribution in [3.05, 3.63) is 89.0 Å². The quantitative estimate of drug-likeness (QED) is 0.240. The number of esters is 1. The number of carbonyl (C=O) groups is 3. The lowest BCUT2D eigenvalue weighted by atomic mass is 9.94. The van der Waals surface area contributed by atoms with Gasteiger partial charge in [-0.05, 0) is 61.0 Å². The summed E-state index contributed by atoms with van der Waals surface area (Å²) in [4.78, 5) is 40.1. The van der Waals surface area contributed by atoms with Crippen molar-refractivity contribution in [2.24, 2.45) is 0 Å². The first-order valence-electron chi connectivity index (χ1n) is 11.2. The summed E-state index contributed by atoms with van der Waals surface area (Å²) in [6.07, 6.45) is 0. The van der Waals surface area contributed by atoms with Crippen LogP contribution in [0.15, 0.2) is 72.3 Å². The van der Waals surface area contributed by atoms with Crippen molar-refractivity contribution in [1.29, 1.82) is 0 Å². The lowest BCUT2D eigenvalue weighted by Gasteiger charge is -2.26. The van der Waals surface area contributed by atoms with Gasteiger partial charge in [0.25, 0.3) is 11.7 Å². The number of hydrogen-bond donors (Lipinski definition) is 2. The molecule has 1 atom stereocenters. The van der Waals surface area contributed by atoms with Crippen LogP contribution >= 0.6 is 0 Å². The van der Waals surface area contributed by atoms with Gasteiger partial charge in [-0.15, -0.1) is 0 Å². The topological polar surface area (TPSA) is 123 Å². The molecule has 3 aromatic rings. The van der Waals surface area contributed by atoms with Crippen LogP contribution in [0.2, 0.25) is 0 Å². The molecule has 2 aliphatic heterocycles. The Kier molecular flexibility index (Phi) is 5.81. The number of aromatic hydroxyl groups is 1. The second-order valence-corrected chi connectivity index (χ2v) is 8.10. The second-order valence-electron chi connectivity index (χ2n) is 8.10. The van der Waals surface area contributed by atoms with Crippen LogP contribution in [0.4, 0.5) is 5.69 Å². The fourth-order valence-corrected chi connectivity index (χ4v) is 4.31. The molecule has 2 aliphatic rings. The Morgan fingerprint density at radius 1 is 1.00 bits per heavy atom. The maximum atomic E-state index is 13.3. The van der Waals surface area contributed by atoms with Crippen LogP contribution in [0.1, 0.15) is 34.5 Å². The number of aliphatic hydroxyl groups excluding tert-OH is 1. The summed E-state index contributed by atoms with van der Waals surface area (Å²) in [5.41, 5.74) is 0.911. The Hall–Kier alpha value is -4.79. The number of ketones is 1. The number of hydrogen-bond acceptors (Lipinski definition) is 8. The first kappa shape index (κ1) is 23.0. The van der Waals surface area contributed by atoms with E-state index >= 15 is 0 Å². The lowest BCUT2D eigenvalue weighted by Crippen LogP contribution is -2.29. The number of phenols is 1. The minimum atomic E-state index is -1.08. The Morgan fingerprint density at radius 3 is 2.56 bits per heavy atom. The summed E-state index contributed by atoms with van der Waals surface area (Å²) in [5.74, 6) is -2.00. The zero-order valence-corrected chi connectivity index (χ0v) is 19.1. The van der Waals surface area contributed by atoms with Gasteiger partial charge >= 0.3 is 5.97 Å². The summed E-state index contributed by atoms with van der Waals surface area (Å²) in [7, 11) is 0. The molecule has 36 heavy (non-hydrogen) atoms. The van der Waals surface area contributed by atoms with Crippen LogP contribution in [-0.2, 0) is 14.3 Å². The molecule has 1 fully saturated rings. The average Bonchev–Trinajstić information content (AvgIpc) is 3.45. The SMILES string of the molecule is CCOC(=O)c1cccc(N2C(=O)C(=O)/C(=C(\O)c3ccc4c(c3)OCO4)C2c2cccc(O)c2)c1. The van der Waals surface area contributed by atoms with E-state index in [2.05, 4.69) is 0 Å². The van der Waals surface area contributed by atoms with Gasteiger partial charge in [0, 0.05) is 11.3 Å². The number of anilines is 1. The first-order valence-corrected chi connectivity index (χ1v) is 11.2. The number of amides is 1. The number of ether oxygens (including phenoxy) is 3. The van der Waals surface area contributed by atoms with Gasteiger partial charge in [0.1, 0.15) is 11.5 Å². The molecule has 0 spiro atoms. The normalized spacial score (nSPS) is 17.9. The summed E-state index contributed by atoms with van der Waals surface area (Å²) in [6.45, 7) is 1.88. The van der Waals surface area contributed by atoms with Gasteiger partial charge in [-0.2, -0.15) is 0 Å². The van der Waals surface area contributed by atoms with E-state index in [9.17, 15) is 24.6 Å². The maximum Gasteiger partial charge on any atom is 0.338 e. The van der Waals surface area contributed by atoms with Crippen molar-refractivity contribution in [3.8, 4) is 17.2 Å². The Bertz CT molecular complexity index is 1430. The number of fused-ring (bicyclic) bond motifs is 1. The fraction of sp³-hybridized carbons (Fsp3) is 0.148. The van der Waals surface area contributed by atoms with E-state index in [-0.39, 0.29) is 41.5 Å². The van der Waals surface area contributed by atoms with Crippen LogP contribution in [0.25, 0.3) is 5.76 Å². The minimum Gasteiger partial charge on any atom is -0.508 e. The smallest absolute Gasteiger partial charge is 0.338 e. The molecule has 9 heteroatoms. The summed E-state index contributed by atoms with van der Waals surface area (Å²) >= 11 is 0. The zero-order valence-electron chi connectivity index (χ0n) is 19.1. The number of nitrogens with zero attached hydrogens (tertiary/aromatic N) is 1. The number of rotatable bonds is 5. The Morgan fingerprint density at radius 2 is 1.78 bits per heavy atom. The molecular weight excluding hydrogens is 466 g/mol. The van der Waals surface area contributed by atoms with Crippen molar-refractivity contribution < 1.29 is 38.8 Å². The van der Waals surface area contributed by atoms with Gasteiger partial charge < -0.3 is 24.4 Å². The number of phenolic OH excluding ortho intramolecular Hbond substituents is 1. The van der Waals surface area contributed by atoms with E-state index in [0.717, 1.165) is 0 Å². The van der Waals surface area contributed by atoms with Crippen molar-refractivity contribution in [2.75, 3.05) is 18.3 Å². The Labute approximate surface area is 205 Å². The highest BCUT2D eigenvalue weighted by molar-refractivity contribution is 6.51. The molecule has 0 radical (unpaired) electrons. The van der Waals surface area contributed by atoms with E-state index in [1.54, 1.807) is 43.3 Å². The van der Waals surface area contributed by atoms with Gasteiger partial charge in [0.05, 0.1) is 23.8 Å². The number of aliphatic hydroxyl groups is 1. The van der Waals surface area contributed by atoms with Gasteiger partial charge in [-0.3, -0.25) is 14.5 Å². The van der Waals surface area contributed by atoms with Gasteiger partial charge in [-0.1, -0.05) is 18.2 Å². The third-order valence-electron chi connectivity index (χ3n) is 5.91. The van der Waals surface area contributed by atoms with Crippen molar-refractivity contribution in [3.63, 3.8) is 0 Å². The van der Waals surface area contributed by atoms with E-state index in [4.69, 9.17) is 14.2 Å². The van der Waals surface area contributed by atoms with Crippen LogP contribution in [0, 0.1) is 0 Å². The predicted octanol–water partition coefficient (Wildman–Crippen LogP) is 3.92. The third kappa shape index (κ3) is 3.90.